The monoisotopic (exact) mass is 511 g/mol. The van der Waals surface area contributed by atoms with Crippen molar-refractivity contribution >= 4 is 29.9 Å². The summed E-state index contributed by atoms with van der Waals surface area (Å²) in [5.41, 5.74) is 3.11. The molecule has 1 N–H and O–H groups in total. The van der Waals surface area contributed by atoms with Crippen LogP contribution < -0.4 is 5.32 Å². The van der Waals surface area contributed by atoms with E-state index in [1.54, 1.807) is 6.26 Å². The van der Waals surface area contributed by atoms with E-state index >= 15 is 0 Å². The van der Waals surface area contributed by atoms with E-state index in [0.717, 1.165) is 43.4 Å². The van der Waals surface area contributed by atoms with Gasteiger partial charge in [0.15, 0.2) is 5.96 Å². The van der Waals surface area contributed by atoms with Crippen molar-refractivity contribution < 1.29 is 4.42 Å². The largest absolute Gasteiger partial charge is 0.444 e. The van der Waals surface area contributed by atoms with Crippen molar-refractivity contribution in [1.29, 1.82) is 0 Å². The molecule has 1 aromatic heterocycles. The van der Waals surface area contributed by atoms with Crippen molar-refractivity contribution in [2.45, 2.75) is 33.7 Å². The van der Waals surface area contributed by atoms with E-state index in [1.165, 1.54) is 18.5 Å². The highest BCUT2D eigenvalue weighted by Crippen LogP contribution is 2.20. The SMILES string of the molecule is CCN(CC)CC1CCN(C(=NC)NCc2coc(-c3ccc(C)cc3)n2)C1.I. The van der Waals surface area contributed by atoms with Crippen LogP contribution in [0.25, 0.3) is 11.5 Å². The van der Waals surface area contributed by atoms with Gasteiger partial charge in [-0.3, -0.25) is 4.99 Å². The second kappa shape index (κ2) is 11.5. The molecule has 0 spiro atoms. The summed E-state index contributed by atoms with van der Waals surface area (Å²) >= 11 is 0. The van der Waals surface area contributed by atoms with Gasteiger partial charge in [-0.1, -0.05) is 31.5 Å². The maximum Gasteiger partial charge on any atom is 0.226 e. The van der Waals surface area contributed by atoms with Gasteiger partial charge < -0.3 is 19.5 Å². The van der Waals surface area contributed by atoms with Crippen molar-refractivity contribution in [2.24, 2.45) is 10.9 Å². The van der Waals surface area contributed by atoms with Crippen LogP contribution in [-0.4, -0.2) is 60.5 Å². The molecule has 0 bridgehead atoms. The molecule has 1 atom stereocenters. The Morgan fingerprint density at radius 2 is 2.00 bits per heavy atom. The highest BCUT2D eigenvalue weighted by Gasteiger charge is 2.26. The molecule has 2 heterocycles. The number of likely N-dealkylation sites (tertiary alicyclic amines) is 1. The van der Waals surface area contributed by atoms with E-state index in [-0.39, 0.29) is 24.0 Å². The van der Waals surface area contributed by atoms with Crippen LogP contribution in [0.5, 0.6) is 0 Å². The molecule has 1 aliphatic rings. The van der Waals surface area contributed by atoms with Gasteiger partial charge >= 0.3 is 0 Å². The highest BCUT2D eigenvalue weighted by atomic mass is 127. The number of hydrogen-bond acceptors (Lipinski definition) is 4. The molecule has 1 unspecified atom stereocenters. The van der Waals surface area contributed by atoms with Gasteiger partial charge in [-0.05, 0) is 44.5 Å². The van der Waals surface area contributed by atoms with E-state index in [9.17, 15) is 0 Å². The molecule has 1 aromatic carbocycles. The van der Waals surface area contributed by atoms with Crippen molar-refractivity contribution in [3.8, 4) is 11.5 Å². The zero-order valence-corrected chi connectivity index (χ0v) is 20.3. The van der Waals surface area contributed by atoms with E-state index in [0.29, 0.717) is 18.4 Å². The Morgan fingerprint density at radius 1 is 1.28 bits per heavy atom. The summed E-state index contributed by atoms with van der Waals surface area (Å²) < 4.78 is 5.66. The van der Waals surface area contributed by atoms with Gasteiger partial charge in [0.05, 0.1) is 12.2 Å². The van der Waals surface area contributed by atoms with Crippen molar-refractivity contribution in [3.05, 3.63) is 41.8 Å². The fourth-order valence-corrected chi connectivity index (χ4v) is 3.74. The maximum absolute atomic E-state index is 5.66. The minimum atomic E-state index is 0. The first-order valence-corrected chi connectivity index (χ1v) is 10.3. The predicted molar refractivity (Wildman–Crippen MR) is 130 cm³/mol. The maximum atomic E-state index is 5.66. The summed E-state index contributed by atoms with van der Waals surface area (Å²) in [6.45, 7) is 12.7. The van der Waals surface area contributed by atoms with E-state index < -0.39 is 0 Å². The van der Waals surface area contributed by atoms with Crippen LogP contribution in [0.2, 0.25) is 0 Å². The fourth-order valence-electron chi connectivity index (χ4n) is 3.74. The molecule has 0 aliphatic carbocycles. The number of nitrogens with one attached hydrogen (secondary N) is 1. The predicted octanol–water partition coefficient (Wildman–Crippen LogP) is 4.01. The van der Waals surface area contributed by atoms with Crippen molar-refractivity contribution in [3.63, 3.8) is 0 Å². The third-order valence-electron chi connectivity index (χ3n) is 5.49. The number of benzene rings is 1. The molecule has 1 saturated heterocycles. The Hall–Kier alpha value is -1.61. The summed E-state index contributed by atoms with van der Waals surface area (Å²) in [5.74, 6) is 2.31. The Balaban J connectivity index is 0.00000300. The lowest BCUT2D eigenvalue weighted by Gasteiger charge is -2.24. The van der Waals surface area contributed by atoms with Crippen LogP contribution in [0.1, 0.15) is 31.5 Å². The van der Waals surface area contributed by atoms with Gasteiger partial charge in [-0.25, -0.2) is 4.98 Å². The number of aliphatic imine (C=N–C) groups is 1. The van der Waals surface area contributed by atoms with Crippen LogP contribution in [0, 0.1) is 12.8 Å². The van der Waals surface area contributed by atoms with Crippen LogP contribution in [0.15, 0.2) is 39.9 Å². The van der Waals surface area contributed by atoms with Crippen molar-refractivity contribution in [2.75, 3.05) is 39.8 Å². The number of guanidine groups is 1. The molecule has 7 heteroatoms. The summed E-state index contributed by atoms with van der Waals surface area (Å²) in [6, 6.07) is 8.22. The number of halogens is 1. The van der Waals surface area contributed by atoms with E-state index in [2.05, 4.69) is 58.0 Å². The smallest absolute Gasteiger partial charge is 0.226 e. The Morgan fingerprint density at radius 3 is 2.66 bits per heavy atom. The highest BCUT2D eigenvalue weighted by molar-refractivity contribution is 14.0. The second-order valence-corrected chi connectivity index (χ2v) is 7.50. The Labute approximate surface area is 191 Å². The molecular weight excluding hydrogens is 477 g/mol. The number of rotatable bonds is 7. The van der Waals surface area contributed by atoms with Gasteiger partial charge in [0.1, 0.15) is 6.26 Å². The standard InChI is InChI=1S/C22H33N5O.HI/c1-5-26(6-2)14-18-11-12-27(15-18)22(23-4)24-13-20-16-28-21(25-20)19-9-7-17(3)8-10-19;/h7-10,16,18H,5-6,11-15H2,1-4H3,(H,23,24);1H. The van der Waals surface area contributed by atoms with Gasteiger partial charge in [-0.15, -0.1) is 24.0 Å². The zero-order valence-electron chi connectivity index (χ0n) is 18.0. The molecule has 0 radical (unpaired) electrons. The molecule has 1 aliphatic heterocycles. The van der Waals surface area contributed by atoms with E-state index in [4.69, 9.17) is 4.42 Å². The number of hydrogen-bond donors (Lipinski definition) is 1. The molecule has 1 fully saturated rings. The number of aryl methyl sites for hydroxylation is 1. The molecule has 0 amide bonds. The molecule has 2 aromatic rings. The van der Waals surface area contributed by atoms with Crippen LogP contribution >= 0.6 is 24.0 Å². The molecule has 160 valence electrons. The number of nitrogens with zero attached hydrogens (tertiary/aromatic N) is 4. The fraction of sp³-hybridized carbons (Fsp3) is 0.545. The lowest BCUT2D eigenvalue weighted by atomic mass is 10.1. The quantitative estimate of drug-likeness (QED) is 0.346. The van der Waals surface area contributed by atoms with Crippen LogP contribution in [-0.2, 0) is 6.54 Å². The van der Waals surface area contributed by atoms with Crippen LogP contribution in [0.4, 0.5) is 0 Å². The molecule has 3 rings (SSSR count). The molecule has 6 nitrogen and oxygen atoms in total. The van der Waals surface area contributed by atoms with Gasteiger partial charge in [0, 0.05) is 32.2 Å². The number of aromatic nitrogens is 1. The average molecular weight is 511 g/mol. The molecule has 29 heavy (non-hydrogen) atoms. The third kappa shape index (κ3) is 6.44. The van der Waals surface area contributed by atoms with Gasteiger partial charge in [-0.2, -0.15) is 0 Å². The average Bonchev–Trinajstić information content (AvgIpc) is 3.37. The van der Waals surface area contributed by atoms with Crippen LogP contribution in [0.3, 0.4) is 0 Å². The lowest BCUT2D eigenvalue weighted by molar-refractivity contribution is 0.255. The Bertz CT molecular complexity index is 770. The molecule has 0 saturated carbocycles. The third-order valence-corrected chi connectivity index (χ3v) is 5.49. The minimum Gasteiger partial charge on any atom is -0.444 e. The second-order valence-electron chi connectivity index (χ2n) is 7.50. The normalized spacial score (nSPS) is 16.9. The number of oxazole rings is 1. The van der Waals surface area contributed by atoms with Gasteiger partial charge in [0.25, 0.3) is 0 Å². The minimum absolute atomic E-state index is 0. The summed E-state index contributed by atoms with van der Waals surface area (Å²) in [7, 11) is 1.85. The summed E-state index contributed by atoms with van der Waals surface area (Å²) in [5, 5.41) is 3.44. The topological polar surface area (TPSA) is 56.9 Å². The summed E-state index contributed by atoms with van der Waals surface area (Å²) in [4.78, 5) is 13.9. The zero-order chi connectivity index (χ0) is 19.9. The van der Waals surface area contributed by atoms with Crippen molar-refractivity contribution in [1.82, 2.24) is 20.1 Å². The lowest BCUT2D eigenvalue weighted by Crippen LogP contribution is -2.40. The first kappa shape index (κ1) is 23.7. The van der Waals surface area contributed by atoms with Gasteiger partial charge in [0.2, 0.25) is 5.89 Å². The first-order valence-electron chi connectivity index (χ1n) is 10.3. The molecular formula is C22H34IN5O. The van der Waals surface area contributed by atoms with E-state index in [1.807, 2.05) is 19.2 Å². The summed E-state index contributed by atoms with van der Waals surface area (Å²) in [6.07, 6.45) is 2.95. The first-order chi connectivity index (χ1) is 13.6. The Kier molecular flexibility index (Phi) is 9.42.